The summed E-state index contributed by atoms with van der Waals surface area (Å²) in [4.78, 5) is 11.1. The van der Waals surface area contributed by atoms with Crippen LogP contribution in [0.4, 0.5) is 0 Å². The van der Waals surface area contributed by atoms with Crippen LogP contribution in [-0.4, -0.2) is 23.3 Å². The molecule has 0 aliphatic rings. The third-order valence-electron chi connectivity index (χ3n) is 2.52. The molecule has 0 aromatic carbocycles. The van der Waals surface area contributed by atoms with Crippen molar-refractivity contribution in [2.45, 2.75) is 39.7 Å². The molecule has 0 saturated heterocycles. The average Bonchev–Trinajstić information content (AvgIpc) is 2.12. The van der Waals surface area contributed by atoms with Crippen LogP contribution in [0.15, 0.2) is 12.2 Å². The highest BCUT2D eigenvalue weighted by Crippen LogP contribution is 2.20. The Bertz CT molecular complexity index is 219. The first-order chi connectivity index (χ1) is 6.31. The van der Waals surface area contributed by atoms with Crippen molar-refractivity contribution in [1.29, 1.82) is 0 Å². The van der Waals surface area contributed by atoms with Crippen LogP contribution in [-0.2, 0) is 9.53 Å². The van der Waals surface area contributed by atoms with Gasteiger partial charge in [-0.3, -0.25) is 0 Å². The highest BCUT2D eigenvalue weighted by Gasteiger charge is 2.28. The zero-order valence-electron chi connectivity index (χ0n) is 9.46. The molecule has 82 valence electrons. The fourth-order valence-corrected chi connectivity index (χ4v) is 0.917. The number of carbonyl (C=O) groups excluding carboxylic acids is 1. The van der Waals surface area contributed by atoms with E-state index >= 15 is 0 Å². The zero-order valence-corrected chi connectivity index (χ0v) is 9.46. The molecule has 3 nitrogen and oxygen atoms in total. The fraction of sp³-hybridized carbons (Fsp3) is 0.727. The summed E-state index contributed by atoms with van der Waals surface area (Å²) in [6, 6.07) is 0. The third kappa shape index (κ3) is 3.92. The molecular formula is C11H20O3. The molecule has 0 bridgehead atoms. The minimum absolute atomic E-state index is 0.0215. The molecule has 14 heavy (non-hydrogen) atoms. The molecule has 0 spiro atoms. The van der Waals surface area contributed by atoms with Gasteiger partial charge in [0.1, 0.15) is 6.61 Å². The summed E-state index contributed by atoms with van der Waals surface area (Å²) < 4.78 is 4.90. The Kier molecular flexibility index (Phi) is 4.85. The molecule has 0 rings (SSSR count). The van der Waals surface area contributed by atoms with E-state index in [-0.39, 0.29) is 12.5 Å². The molecule has 2 atom stereocenters. The molecule has 0 aliphatic heterocycles. The molecular weight excluding hydrogens is 180 g/mol. The van der Waals surface area contributed by atoms with Crippen molar-refractivity contribution in [3.8, 4) is 0 Å². The Hall–Kier alpha value is -0.830. The normalized spacial score (nSPS) is 16.9. The number of rotatable bonds is 5. The Morgan fingerprint density at radius 2 is 2.14 bits per heavy atom. The van der Waals surface area contributed by atoms with Crippen molar-refractivity contribution in [3.05, 3.63) is 12.2 Å². The monoisotopic (exact) mass is 200 g/mol. The van der Waals surface area contributed by atoms with Crippen LogP contribution < -0.4 is 0 Å². The number of aliphatic hydroxyl groups is 1. The summed E-state index contributed by atoms with van der Waals surface area (Å²) in [6.07, 6.45) is 0.845. The first-order valence-electron chi connectivity index (χ1n) is 4.86. The van der Waals surface area contributed by atoms with E-state index in [1.807, 2.05) is 13.8 Å². The van der Waals surface area contributed by atoms with Crippen LogP contribution in [0, 0.1) is 5.92 Å². The summed E-state index contributed by atoms with van der Waals surface area (Å²) in [5, 5.41) is 9.91. The average molecular weight is 200 g/mol. The Morgan fingerprint density at radius 1 is 1.64 bits per heavy atom. The Balaban J connectivity index is 4.11. The maximum atomic E-state index is 11.1. The van der Waals surface area contributed by atoms with Gasteiger partial charge in [0, 0.05) is 5.57 Å². The van der Waals surface area contributed by atoms with Crippen LogP contribution >= 0.6 is 0 Å². The molecule has 0 radical (unpaired) electrons. The molecule has 0 saturated carbocycles. The van der Waals surface area contributed by atoms with Crippen LogP contribution in [0.3, 0.4) is 0 Å². The Morgan fingerprint density at radius 3 is 2.50 bits per heavy atom. The van der Waals surface area contributed by atoms with Crippen LogP contribution in [0.2, 0.25) is 0 Å². The topological polar surface area (TPSA) is 46.5 Å². The van der Waals surface area contributed by atoms with Gasteiger partial charge in [-0.2, -0.15) is 0 Å². The van der Waals surface area contributed by atoms with Crippen molar-refractivity contribution in [1.82, 2.24) is 0 Å². The number of carbonyl (C=O) groups is 1. The largest absolute Gasteiger partial charge is 0.459 e. The van der Waals surface area contributed by atoms with Gasteiger partial charge in [0.05, 0.1) is 5.60 Å². The lowest BCUT2D eigenvalue weighted by Gasteiger charge is -2.28. The molecule has 2 unspecified atom stereocenters. The quantitative estimate of drug-likeness (QED) is 0.544. The number of hydrogen-bond donors (Lipinski definition) is 1. The molecule has 0 aromatic heterocycles. The lowest BCUT2D eigenvalue weighted by atomic mass is 9.89. The maximum Gasteiger partial charge on any atom is 0.333 e. The van der Waals surface area contributed by atoms with Gasteiger partial charge in [0.2, 0.25) is 0 Å². The summed E-state index contributed by atoms with van der Waals surface area (Å²) in [6.45, 7) is 10.7. The van der Waals surface area contributed by atoms with Gasteiger partial charge in [-0.05, 0) is 19.8 Å². The summed E-state index contributed by atoms with van der Waals surface area (Å²) in [5.74, 6) is -0.353. The minimum Gasteiger partial charge on any atom is -0.459 e. The first kappa shape index (κ1) is 13.2. The lowest BCUT2D eigenvalue weighted by molar-refractivity contribution is -0.148. The van der Waals surface area contributed by atoms with Crippen LogP contribution in [0.25, 0.3) is 0 Å². The Labute approximate surface area is 85.8 Å². The molecule has 3 heteroatoms. The van der Waals surface area contributed by atoms with Crippen LogP contribution in [0.1, 0.15) is 34.1 Å². The van der Waals surface area contributed by atoms with Crippen molar-refractivity contribution in [2.75, 3.05) is 6.61 Å². The highest BCUT2D eigenvalue weighted by molar-refractivity contribution is 5.86. The second-order valence-electron chi connectivity index (χ2n) is 4.02. The molecule has 0 amide bonds. The van der Waals surface area contributed by atoms with E-state index in [1.165, 1.54) is 0 Å². The summed E-state index contributed by atoms with van der Waals surface area (Å²) in [5.41, 5.74) is -0.607. The first-order valence-corrected chi connectivity index (χ1v) is 4.86. The molecule has 1 N–H and O–H groups in total. The van der Waals surface area contributed by atoms with Gasteiger partial charge in [0.15, 0.2) is 0 Å². The van der Waals surface area contributed by atoms with Crippen LogP contribution in [0.5, 0.6) is 0 Å². The third-order valence-corrected chi connectivity index (χ3v) is 2.52. The predicted molar refractivity (Wildman–Crippen MR) is 55.9 cm³/mol. The SMILES string of the molecule is C=C(C)C(=O)OCC(C)(O)C(C)CC. The van der Waals surface area contributed by atoms with E-state index in [0.717, 1.165) is 6.42 Å². The van der Waals surface area contributed by atoms with Gasteiger partial charge < -0.3 is 9.84 Å². The van der Waals surface area contributed by atoms with Crippen molar-refractivity contribution >= 4 is 5.97 Å². The number of ether oxygens (including phenoxy) is 1. The second kappa shape index (κ2) is 5.15. The molecule has 0 fully saturated rings. The standard InChI is InChI=1S/C11H20O3/c1-6-9(4)11(5,13)7-14-10(12)8(2)3/h9,13H,2,6-7H2,1,3-5H3. The number of esters is 1. The minimum atomic E-state index is -0.958. The van der Waals surface area contributed by atoms with Gasteiger partial charge in [-0.1, -0.05) is 26.8 Å². The lowest BCUT2D eigenvalue weighted by Crippen LogP contribution is -2.38. The molecule has 0 heterocycles. The fourth-order valence-electron chi connectivity index (χ4n) is 0.917. The van der Waals surface area contributed by atoms with Gasteiger partial charge in [-0.25, -0.2) is 4.79 Å². The molecule has 0 aliphatic carbocycles. The van der Waals surface area contributed by atoms with E-state index in [0.29, 0.717) is 5.57 Å². The van der Waals surface area contributed by atoms with Crippen molar-refractivity contribution in [3.63, 3.8) is 0 Å². The highest BCUT2D eigenvalue weighted by atomic mass is 16.5. The van der Waals surface area contributed by atoms with E-state index in [2.05, 4.69) is 6.58 Å². The predicted octanol–water partition coefficient (Wildman–Crippen LogP) is 1.90. The summed E-state index contributed by atoms with van der Waals surface area (Å²) in [7, 11) is 0. The maximum absolute atomic E-state index is 11.1. The summed E-state index contributed by atoms with van der Waals surface area (Å²) >= 11 is 0. The second-order valence-corrected chi connectivity index (χ2v) is 4.02. The van der Waals surface area contributed by atoms with Crippen molar-refractivity contribution < 1.29 is 14.6 Å². The van der Waals surface area contributed by atoms with E-state index in [4.69, 9.17) is 4.74 Å². The van der Waals surface area contributed by atoms with Crippen molar-refractivity contribution in [2.24, 2.45) is 5.92 Å². The number of hydrogen-bond acceptors (Lipinski definition) is 3. The van der Waals surface area contributed by atoms with Gasteiger partial charge in [0.25, 0.3) is 0 Å². The molecule has 0 aromatic rings. The van der Waals surface area contributed by atoms with E-state index < -0.39 is 11.6 Å². The van der Waals surface area contributed by atoms with Gasteiger partial charge in [-0.15, -0.1) is 0 Å². The van der Waals surface area contributed by atoms with Gasteiger partial charge >= 0.3 is 5.97 Å². The smallest absolute Gasteiger partial charge is 0.333 e. The van der Waals surface area contributed by atoms with E-state index in [1.54, 1.807) is 13.8 Å². The zero-order chi connectivity index (χ0) is 11.4. The van der Waals surface area contributed by atoms with E-state index in [9.17, 15) is 9.90 Å².